The van der Waals surface area contributed by atoms with Crippen molar-refractivity contribution in [1.29, 1.82) is 0 Å². The van der Waals surface area contributed by atoms with Crippen LogP contribution in [0, 0.1) is 6.92 Å². The highest BCUT2D eigenvalue weighted by molar-refractivity contribution is 5.97. The number of aryl methyl sites for hydroxylation is 3. The second-order valence-electron chi connectivity index (χ2n) is 6.84. The van der Waals surface area contributed by atoms with Gasteiger partial charge in [-0.2, -0.15) is 0 Å². The molecule has 0 fully saturated rings. The molecule has 0 aliphatic heterocycles. The zero-order chi connectivity index (χ0) is 20.1. The molecule has 0 unspecified atom stereocenters. The van der Waals surface area contributed by atoms with E-state index < -0.39 is 24.5 Å². The maximum Gasteiger partial charge on any atom is 0.338 e. The largest absolute Gasteiger partial charge is 0.465 e. The van der Waals surface area contributed by atoms with Gasteiger partial charge in [0.15, 0.2) is 6.61 Å². The monoisotopic (exact) mass is 381 g/mol. The number of anilines is 1. The number of hydrogen-bond acceptors (Lipinski definition) is 5. The topological polar surface area (TPSA) is 81.7 Å². The van der Waals surface area contributed by atoms with Gasteiger partial charge in [0, 0.05) is 5.69 Å². The molecule has 1 amide bonds. The van der Waals surface area contributed by atoms with E-state index in [9.17, 15) is 14.4 Å². The molecule has 0 spiro atoms. The third-order valence-electron chi connectivity index (χ3n) is 4.85. The number of amides is 1. The smallest absolute Gasteiger partial charge is 0.338 e. The van der Waals surface area contributed by atoms with Crippen LogP contribution >= 0.6 is 0 Å². The number of carbonyl (C=O) groups excluding carboxylic acids is 3. The van der Waals surface area contributed by atoms with Crippen LogP contribution in [0.1, 0.15) is 50.2 Å². The minimum Gasteiger partial charge on any atom is -0.465 e. The predicted octanol–water partition coefficient (Wildman–Crippen LogP) is 3.46. The first kappa shape index (κ1) is 19.6. The summed E-state index contributed by atoms with van der Waals surface area (Å²) >= 11 is 0. The van der Waals surface area contributed by atoms with Crippen molar-refractivity contribution >= 4 is 23.5 Å². The first-order valence-corrected chi connectivity index (χ1v) is 9.25. The molecule has 0 heterocycles. The van der Waals surface area contributed by atoms with Crippen molar-refractivity contribution in [2.45, 2.75) is 32.6 Å². The summed E-state index contributed by atoms with van der Waals surface area (Å²) in [4.78, 5) is 36.1. The van der Waals surface area contributed by atoms with E-state index in [4.69, 9.17) is 4.74 Å². The summed E-state index contributed by atoms with van der Waals surface area (Å²) in [6.07, 6.45) is 4.30. The Balaban J connectivity index is 1.60. The van der Waals surface area contributed by atoms with Gasteiger partial charge in [-0.1, -0.05) is 12.1 Å². The van der Waals surface area contributed by atoms with Gasteiger partial charge < -0.3 is 14.8 Å². The Morgan fingerprint density at radius 2 is 1.61 bits per heavy atom. The number of hydrogen-bond donors (Lipinski definition) is 1. The average molecular weight is 381 g/mol. The maximum atomic E-state index is 12.3. The fourth-order valence-corrected chi connectivity index (χ4v) is 3.26. The summed E-state index contributed by atoms with van der Waals surface area (Å²) in [5, 5.41) is 2.66. The molecule has 0 bridgehead atoms. The van der Waals surface area contributed by atoms with Crippen molar-refractivity contribution in [2.24, 2.45) is 0 Å². The number of esters is 2. The molecule has 1 N–H and O–H groups in total. The Morgan fingerprint density at radius 1 is 0.929 bits per heavy atom. The quantitative estimate of drug-likeness (QED) is 0.802. The maximum absolute atomic E-state index is 12.3. The van der Waals surface area contributed by atoms with E-state index in [1.54, 1.807) is 25.1 Å². The standard InChI is InChI=1S/C22H23NO5/c1-14-7-8-18(21(25)27-2)12-19(14)23-20(24)13-28-22(26)17-10-9-15-5-3-4-6-16(15)11-17/h7-12H,3-6,13H2,1-2H3,(H,23,24). The number of rotatable bonds is 5. The van der Waals surface area contributed by atoms with Crippen LogP contribution in [0.2, 0.25) is 0 Å². The number of methoxy groups -OCH3 is 1. The molecule has 0 atom stereocenters. The number of carbonyl (C=O) groups is 3. The minimum absolute atomic E-state index is 0.328. The van der Waals surface area contributed by atoms with Crippen LogP contribution in [0.15, 0.2) is 36.4 Å². The number of ether oxygens (including phenoxy) is 2. The SMILES string of the molecule is COC(=O)c1ccc(C)c(NC(=O)COC(=O)c2ccc3c(c2)CCCC3)c1. The lowest BCUT2D eigenvalue weighted by Gasteiger charge is -2.16. The number of fused-ring (bicyclic) bond motifs is 1. The van der Waals surface area contributed by atoms with Gasteiger partial charge in [0.1, 0.15) is 0 Å². The summed E-state index contributed by atoms with van der Waals surface area (Å²) in [6, 6.07) is 10.4. The van der Waals surface area contributed by atoms with Crippen LogP contribution in [-0.2, 0) is 27.1 Å². The Kier molecular flexibility index (Phi) is 6.09. The van der Waals surface area contributed by atoms with Crippen LogP contribution < -0.4 is 5.32 Å². The van der Waals surface area contributed by atoms with Gasteiger partial charge in [-0.25, -0.2) is 9.59 Å². The second kappa shape index (κ2) is 8.69. The van der Waals surface area contributed by atoms with Crippen LogP contribution in [-0.4, -0.2) is 31.6 Å². The molecule has 1 aliphatic carbocycles. The minimum atomic E-state index is -0.524. The second-order valence-corrected chi connectivity index (χ2v) is 6.84. The predicted molar refractivity (Wildman–Crippen MR) is 105 cm³/mol. The Bertz CT molecular complexity index is 919. The first-order valence-electron chi connectivity index (χ1n) is 9.25. The summed E-state index contributed by atoms with van der Waals surface area (Å²) in [5.41, 5.74) is 4.49. The molecule has 0 saturated heterocycles. The van der Waals surface area contributed by atoms with Crippen LogP contribution in [0.25, 0.3) is 0 Å². The van der Waals surface area contributed by atoms with E-state index in [0.717, 1.165) is 24.8 Å². The van der Waals surface area contributed by atoms with Crippen molar-refractivity contribution in [3.8, 4) is 0 Å². The third kappa shape index (κ3) is 4.57. The van der Waals surface area contributed by atoms with Gasteiger partial charge in [0.2, 0.25) is 0 Å². The van der Waals surface area contributed by atoms with Gasteiger partial charge >= 0.3 is 11.9 Å². The number of nitrogens with one attached hydrogen (secondary N) is 1. The van der Waals surface area contributed by atoms with Gasteiger partial charge in [-0.05, 0) is 73.6 Å². The fraction of sp³-hybridized carbons (Fsp3) is 0.318. The normalized spacial score (nSPS) is 12.6. The van der Waals surface area contributed by atoms with E-state index in [-0.39, 0.29) is 0 Å². The molecule has 0 radical (unpaired) electrons. The molecule has 6 nitrogen and oxygen atoms in total. The lowest BCUT2D eigenvalue weighted by atomic mass is 9.90. The summed E-state index contributed by atoms with van der Waals surface area (Å²) in [5.74, 6) is -1.49. The van der Waals surface area contributed by atoms with E-state index in [2.05, 4.69) is 10.1 Å². The van der Waals surface area contributed by atoms with Crippen LogP contribution in [0.3, 0.4) is 0 Å². The molecule has 146 valence electrons. The Morgan fingerprint density at radius 3 is 2.36 bits per heavy atom. The molecule has 0 aromatic heterocycles. The lowest BCUT2D eigenvalue weighted by Crippen LogP contribution is -2.21. The molecule has 3 rings (SSSR count). The first-order chi connectivity index (χ1) is 13.5. The molecular weight excluding hydrogens is 358 g/mol. The van der Waals surface area contributed by atoms with Gasteiger partial charge in [-0.3, -0.25) is 4.79 Å². The molecule has 6 heteroatoms. The third-order valence-corrected chi connectivity index (χ3v) is 4.85. The van der Waals surface area contributed by atoms with Gasteiger partial charge in [0.25, 0.3) is 5.91 Å². The zero-order valence-electron chi connectivity index (χ0n) is 16.0. The highest BCUT2D eigenvalue weighted by Gasteiger charge is 2.16. The van der Waals surface area contributed by atoms with Crippen LogP contribution in [0.5, 0.6) is 0 Å². The molecule has 0 saturated carbocycles. The van der Waals surface area contributed by atoms with Gasteiger partial charge in [-0.15, -0.1) is 0 Å². The van der Waals surface area contributed by atoms with E-state index >= 15 is 0 Å². The van der Waals surface area contributed by atoms with E-state index in [1.165, 1.54) is 30.7 Å². The van der Waals surface area contributed by atoms with Crippen molar-refractivity contribution in [2.75, 3.05) is 19.0 Å². The number of benzene rings is 2. The highest BCUT2D eigenvalue weighted by Crippen LogP contribution is 2.22. The van der Waals surface area contributed by atoms with E-state index in [0.29, 0.717) is 16.8 Å². The van der Waals surface area contributed by atoms with Crippen LogP contribution in [0.4, 0.5) is 5.69 Å². The molecular formula is C22H23NO5. The lowest BCUT2D eigenvalue weighted by molar-refractivity contribution is -0.119. The zero-order valence-corrected chi connectivity index (χ0v) is 16.0. The highest BCUT2D eigenvalue weighted by atomic mass is 16.5. The van der Waals surface area contributed by atoms with Crippen molar-refractivity contribution in [3.05, 3.63) is 64.2 Å². The Labute approximate surface area is 163 Å². The van der Waals surface area contributed by atoms with E-state index in [1.807, 2.05) is 12.1 Å². The van der Waals surface area contributed by atoms with Crippen molar-refractivity contribution < 1.29 is 23.9 Å². The average Bonchev–Trinajstić information content (AvgIpc) is 2.72. The molecule has 2 aromatic rings. The molecule has 2 aromatic carbocycles. The van der Waals surface area contributed by atoms with Crippen molar-refractivity contribution in [1.82, 2.24) is 0 Å². The molecule has 1 aliphatic rings. The summed E-state index contributed by atoms with van der Waals surface area (Å²) < 4.78 is 9.83. The van der Waals surface area contributed by atoms with Crippen molar-refractivity contribution in [3.63, 3.8) is 0 Å². The van der Waals surface area contributed by atoms with Gasteiger partial charge in [0.05, 0.1) is 18.2 Å². The summed E-state index contributed by atoms with van der Waals surface area (Å²) in [6.45, 7) is 1.40. The summed E-state index contributed by atoms with van der Waals surface area (Å²) in [7, 11) is 1.29. The fourth-order valence-electron chi connectivity index (χ4n) is 3.26. The molecule has 28 heavy (non-hydrogen) atoms. The Hall–Kier alpha value is -3.15.